The van der Waals surface area contributed by atoms with Crippen LogP contribution in [0.5, 0.6) is 0 Å². The Morgan fingerprint density at radius 2 is 1.36 bits per heavy atom. The fourth-order valence-electron chi connectivity index (χ4n) is 3.21. The summed E-state index contributed by atoms with van der Waals surface area (Å²) in [6.45, 7) is 4.47. The van der Waals surface area contributed by atoms with Crippen LogP contribution in [0, 0.1) is 0 Å². The predicted octanol–water partition coefficient (Wildman–Crippen LogP) is 6.38. The predicted molar refractivity (Wildman–Crippen MR) is 93.2 cm³/mol. The number of benzene rings is 3. The van der Waals surface area contributed by atoms with Crippen LogP contribution < -0.4 is 0 Å². The molecule has 1 heteroatoms. The first-order valence-corrected chi connectivity index (χ1v) is 7.75. The van der Waals surface area contributed by atoms with Crippen LogP contribution in [-0.4, -0.2) is 0 Å². The van der Waals surface area contributed by atoms with Gasteiger partial charge in [-0.3, -0.25) is 0 Å². The van der Waals surface area contributed by atoms with E-state index >= 15 is 0 Å². The third kappa shape index (κ3) is 1.93. The lowest BCUT2D eigenvalue weighted by molar-refractivity contribution is 0.670. The summed E-state index contributed by atoms with van der Waals surface area (Å²) >= 11 is 0. The maximum atomic E-state index is 6.17. The van der Waals surface area contributed by atoms with Crippen molar-refractivity contribution in [1.82, 2.24) is 0 Å². The highest BCUT2D eigenvalue weighted by Gasteiger charge is 2.14. The Balaban J connectivity index is 2.08. The third-order valence-corrected chi connectivity index (χ3v) is 4.28. The Kier molecular flexibility index (Phi) is 3.00. The molecule has 0 aliphatic rings. The van der Waals surface area contributed by atoms with Crippen molar-refractivity contribution in [3.8, 4) is 11.1 Å². The molecule has 1 nitrogen and oxygen atoms in total. The summed E-state index contributed by atoms with van der Waals surface area (Å²) in [4.78, 5) is 0. The maximum absolute atomic E-state index is 6.17. The zero-order chi connectivity index (χ0) is 15.1. The highest BCUT2D eigenvalue weighted by molar-refractivity contribution is 6.09. The molecule has 0 amide bonds. The summed E-state index contributed by atoms with van der Waals surface area (Å²) in [5.41, 5.74) is 5.74. The molecule has 1 aromatic heterocycles. The van der Waals surface area contributed by atoms with Crippen LogP contribution in [0.4, 0.5) is 0 Å². The second kappa shape index (κ2) is 5.03. The van der Waals surface area contributed by atoms with Crippen molar-refractivity contribution in [3.63, 3.8) is 0 Å². The quantitative estimate of drug-likeness (QED) is 0.417. The normalized spacial score (nSPS) is 11.6. The van der Waals surface area contributed by atoms with Gasteiger partial charge in [0.05, 0.1) is 0 Å². The van der Waals surface area contributed by atoms with Crippen LogP contribution in [-0.2, 0) is 0 Å². The van der Waals surface area contributed by atoms with Crippen LogP contribution in [0.25, 0.3) is 33.1 Å². The molecular weight excluding hydrogens is 268 g/mol. The van der Waals surface area contributed by atoms with Gasteiger partial charge in [-0.2, -0.15) is 0 Å². The molecule has 0 atom stereocenters. The fraction of sp³-hybridized carbons (Fsp3) is 0.143. The van der Waals surface area contributed by atoms with Gasteiger partial charge in [0.15, 0.2) is 0 Å². The van der Waals surface area contributed by atoms with Gasteiger partial charge < -0.3 is 4.42 Å². The van der Waals surface area contributed by atoms with E-state index in [1.165, 1.54) is 27.5 Å². The second-order valence-corrected chi connectivity index (χ2v) is 6.02. The Hall–Kier alpha value is -2.54. The lowest BCUT2D eigenvalue weighted by atomic mass is 9.92. The molecule has 0 saturated heterocycles. The van der Waals surface area contributed by atoms with E-state index in [4.69, 9.17) is 4.42 Å². The van der Waals surface area contributed by atoms with Gasteiger partial charge in [0, 0.05) is 16.3 Å². The van der Waals surface area contributed by atoms with Crippen molar-refractivity contribution in [3.05, 3.63) is 72.3 Å². The first kappa shape index (κ1) is 13.1. The number of rotatable bonds is 2. The standard InChI is InChI=1S/C21H18O/c1-14(2)15-8-3-4-9-16(15)18-11-7-12-19-17-10-5-6-13-20(17)22-21(18)19/h3-14H,1-2H3. The molecule has 108 valence electrons. The molecule has 1 heterocycles. The van der Waals surface area contributed by atoms with E-state index in [0.717, 1.165) is 11.2 Å². The monoisotopic (exact) mass is 286 g/mol. The van der Waals surface area contributed by atoms with Crippen LogP contribution in [0.3, 0.4) is 0 Å². The SMILES string of the molecule is CC(C)c1ccccc1-c1cccc2c1oc1ccccc12. The minimum absolute atomic E-state index is 0.482. The fourth-order valence-corrected chi connectivity index (χ4v) is 3.21. The Morgan fingerprint density at radius 3 is 2.23 bits per heavy atom. The van der Waals surface area contributed by atoms with Crippen LogP contribution in [0.2, 0.25) is 0 Å². The summed E-state index contributed by atoms with van der Waals surface area (Å²) in [5.74, 6) is 0.482. The zero-order valence-electron chi connectivity index (χ0n) is 12.8. The van der Waals surface area contributed by atoms with E-state index in [2.05, 4.69) is 68.4 Å². The third-order valence-electron chi connectivity index (χ3n) is 4.28. The van der Waals surface area contributed by atoms with Gasteiger partial charge in [0.2, 0.25) is 0 Å². The van der Waals surface area contributed by atoms with E-state index < -0.39 is 0 Å². The lowest BCUT2D eigenvalue weighted by Gasteiger charge is -2.13. The Morgan fingerprint density at radius 1 is 0.682 bits per heavy atom. The highest BCUT2D eigenvalue weighted by Crippen LogP contribution is 2.38. The number of fused-ring (bicyclic) bond motifs is 3. The molecule has 22 heavy (non-hydrogen) atoms. The summed E-state index contributed by atoms with van der Waals surface area (Å²) in [5, 5.41) is 2.37. The molecule has 4 aromatic rings. The molecule has 0 fully saturated rings. The highest BCUT2D eigenvalue weighted by atomic mass is 16.3. The molecule has 4 rings (SSSR count). The van der Waals surface area contributed by atoms with E-state index in [0.29, 0.717) is 5.92 Å². The lowest BCUT2D eigenvalue weighted by Crippen LogP contribution is -1.92. The molecular formula is C21H18O. The largest absolute Gasteiger partial charge is 0.455 e. The minimum atomic E-state index is 0.482. The Bertz CT molecular complexity index is 960. The van der Waals surface area contributed by atoms with Gasteiger partial charge in [-0.25, -0.2) is 0 Å². The molecule has 0 unspecified atom stereocenters. The van der Waals surface area contributed by atoms with Crippen molar-refractivity contribution in [2.24, 2.45) is 0 Å². The van der Waals surface area contributed by atoms with Crippen molar-refractivity contribution < 1.29 is 4.42 Å². The van der Waals surface area contributed by atoms with Crippen LogP contribution in [0.15, 0.2) is 71.1 Å². The topological polar surface area (TPSA) is 13.1 Å². The summed E-state index contributed by atoms with van der Waals surface area (Å²) in [7, 11) is 0. The van der Waals surface area contributed by atoms with Crippen LogP contribution in [0.1, 0.15) is 25.3 Å². The summed E-state index contributed by atoms with van der Waals surface area (Å²) in [6.07, 6.45) is 0. The summed E-state index contributed by atoms with van der Waals surface area (Å²) < 4.78 is 6.17. The van der Waals surface area contributed by atoms with Crippen molar-refractivity contribution in [2.75, 3.05) is 0 Å². The molecule has 0 N–H and O–H groups in total. The van der Waals surface area contributed by atoms with E-state index in [-0.39, 0.29) is 0 Å². The van der Waals surface area contributed by atoms with Crippen LogP contribution >= 0.6 is 0 Å². The van der Waals surface area contributed by atoms with E-state index in [9.17, 15) is 0 Å². The van der Waals surface area contributed by atoms with Gasteiger partial charge in [-0.15, -0.1) is 0 Å². The smallest absolute Gasteiger partial charge is 0.143 e. The molecule has 0 aliphatic heterocycles. The molecule has 0 spiro atoms. The molecule has 0 radical (unpaired) electrons. The van der Waals surface area contributed by atoms with Gasteiger partial charge in [-0.05, 0) is 23.1 Å². The minimum Gasteiger partial charge on any atom is -0.455 e. The number of furan rings is 1. The van der Waals surface area contributed by atoms with E-state index in [1.54, 1.807) is 0 Å². The van der Waals surface area contributed by atoms with Gasteiger partial charge in [0.25, 0.3) is 0 Å². The first-order valence-electron chi connectivity index (χ1n) is 7.75. The number of hydrogen-bond acceptors (Lipinski definition) is 1. The average molecular weight is 286 g/mol. The molecule has 0 aliphatic carbocycles. The molecule has 0 bridgehead atoms. The maximum Gasteiger partial charge on any atom is 0.143 e. The second-order valence-electron chi connectivity index (χ2n) is 6.02. The molecule has 3 aromatic carbocycles. The van der Waals surface area contributed by atoms with Crippen molar-refractivity contribution >= 4 is 21.9 Å². The molecule has 0 saturated carbocycles. The van der Waals surface area contributed by atoms with Gasteiger partial charge in [-0.1, -0.05) is 74.5 Å². The zero-order valence-corrected chi connectivity index (χ0v) is 12.8. The van der Waals surface area contributed by atoms with E-state index in [1.807, 2.05) is 12.1 Å². The van der Waals surface area contributed by atoms with Gasteiger partial charge >= 0.3 is 0 Å². The van der Waals surface area contributed by atoms with Gasteiger partial charge in [0.1, 0.15) is 11.2 Å². The Labute approximate surface area is 130 Å². The average Bonchev–Trinajstić information content (AvgIpc) is 2.93. The number of para-hydroxylation sites is 2. The van der Waals surface area contributed by atoms with Crippen molar-refractivity contribution in [2.45, 2.75) is 19.8 Å². The number of hydrogen-bond donors (Lipinski definition) is 0. The first-order chi connectivity index (χ1) is 10.8. The van der Waals surface area contributed by atoms with Crippen molar-refractivity contribution in [1.29, 1.82) is 0 Å². The summed E-state index contributed by atoms with van der Waals surface area (Å²) in [6, 6.07) is 23.3.